The molecule has 8 heteroatoms. The SMILES string of the molecule is COC(=O)c1ccc(Cl)c(NC(=O)c2ccc(=O)n(-c3ccccc3)n2)c1. The number of rotatable bonds is 4. The molecule has 1 aromatic heterocycles. The molecule has 7 nitrogen and oxygen atoms in total. The number of hydrogen-bond donors (Lipinski definition) is 1. The van der Waals surface area contributed by atoms with E-state index in [1.54, 1.807) is 30.3 Å². The summed E-state index contributed by atoms with van der Waals surface area (Å²) in [5, 5.41) is 6.93. The predicted octanol–water partition coefficient (Wildman–Crippen LogP) is 2.92. The number of hydrogen-bond acceptors (Lipinski definition) is 5. The number of nitrogens with zero attached hydrogens (tertiary/aromatic N) is 2. The van der Waals surface area contributed by atoms with Crippen molar-refractivity contribution in [2.75, 3.05) is 12.4 Å². The Bertz CT molecular complexity index is 1060. The topological polar surface area (TPSA) is 90.3 Å². The van der Waals surface area contributed by atoms with Crippen LogP contribution in [0.4, 0.5) is 5.69 Å². The van der Waals surface area contributed by atoms with Crippen molar-refractivity contribution in [3.05, 3.63) is 87.3 Å². The molecule has 0 unspecified atom stereocenters. The zero-order chi connectivity index (χ0) is 19.4. The largest absolute Gasteiger partial charge is 0.465 e. The van der Waals surface area contributed by atoms with E-state index in [0.29, 0.717) is 5.69 Å². The number of anilines is 1. The van der Waals surface area contributed by atoms with Gasteiger partial charge in [0.1, 0.15) is 5.69 Å². The number of carbonyl (C=O) groups excluding carboxylic acids is 2. The minimum atomic E-state index is -0.580. The quantitative estimate of drug-likeness (QED) is 0.699. The summed E-state index contributed by atoms with van der Waals surface area (Å²) in [6.45, 7) is 0. The van der Waals surface area contributed by atoms with Crippen LogP contribution >= 0.6 is 11.6 Å². The van der Waals surface area contributed by atoms with E-state index in [9.17, 15) is 14.4 Å². The van der Waals surface area contributed by atoms with Gasteiger partial charge in [-0.25, -0.2) is 4.79 Å². The molecule has 0 bridgehead atoms. The summed E-state index contributed by atoms with van der Waals surface area (Å²) < 4.78 is 5.78. The summed E-state index contributed by atoms with van der Waals surface area (Å²) in [6.07, 6.45) is 0. The molecule has 2 aromatic carbocycles. The highest BCUT2D eigenvalue weighted by atomic mass is 35.5. The van der Waals surface area contributed by atoms with Gasteiger partial charge in [0, 0.05) is 6.07 Å². The highest BCUT2D eigenvalue weighted by Gasteiger charge is 2.15. The Hall–Kier alpha value is -3.45. The van der Waals surface area contributed by atoms with Crippen LogP contribution in [0.25, 0.3) is 5.69 Å². The molecule has 1 amide bonds. The van der Waals surface area contributed by atoms with Crippen molar-refractivity contribution >= 4 is 29.2 Å². The molecular formula is C19H14ClN3O4. The number of esters is 1. The lowest BCUT2D eigenvalue weighted by Gasteiger charge is -2.10. The van der Waals surface area contributed by atoms with Crippen molar-refractivity contribution in [1.29, 1.82) is 0 Å². The van der Waals surface area contributed by atoms with Gasteiger partial charge in [-0.1, -0.05) is 29.8 Å². The number of nitrogens with one attached hydrogen (secondary N) is 1. The van der Waals surface area contributed by atoms with Gasteiger partial charge in [-0.3, -0.25) is 9.59 Å². The van der Waals surface area contributed by atoms with Crippen LogP contribution in [-0.2, 0) is 4.74 Å². The van der Waals surface area contributed by atoms with Crippen molar-refractivity contribution in [1.82, 2.24) is 9.78 Å². The number of ether oxygens (including phenoxy) is 1. The zero-order valence-corrected chi connectivity index (χ0v) is 14.9. The van der Waals surface area contributed by atoms with E-state index in [4.69, 9.17) is 11.6 Å². The number of para-hydroxylation sites is 1. The lowest BCUT2D eigenvalue weighted by molar-refractivity contribution is 0.0600. The molecule has 0 spiro atoms. The summed E-state index contributed by atoms with van der Waals surface area (Å²) in [7, 11) is 1.26. The Morgan fingerprint density at radius 2 is 1.81 bits per heavy atom. The molecule has 0 aliphatic carbocycles. The van der Waals surface area contributed by atoms with Crippen molar-refractivity contribution in [2.45, 2.75) is 0 Å². The Labute approximate surface area is 159 Å². The normalized spacial score (nSPS) is 10.3. The van der Waals surface area contributed by atoms with Crippen molar-refractivity contribution in [3.8, 4) is 5.69 Å². The fourth-order valence-corrected chi connectivity index (χ4v) is 2.50. The molecule has 0 aliphatic heterocycles. The first-order chi connectivity index (χ1) is 13.0. The number of carbonyl (C=O) groups is 2. The average molecular weight is 384 g/mol. The van der Waals surface area contributed by atoms with Crippen molar-refractivity contribution in [3.63, 3.8) is 0 Å². The monoisotopic (exact) mass is 383 g/mol. The molecule has 3 aromatic rings. The van der Waals surface area contributed by atoms with Gasteiger partial charge in [-0.05, 0) is 36.4 Å². The first-order valence-electron chi connectivity index (χ1n) is 7.84. The summed E-state index contributed by atoms with van der Waals surface area (Å²) in [5.41, 5.74) is 0.632. The van der Waals surface area contributed by atoms with Crippen molar-refractivity contribution < 1.29 is 14.3 Å². The molecule has 0 aliphatic rings. The third-order valence-corrected chi connectivity index (χ3v) is 4.00. The van der Waals surface area contributed by atoms with Crippen LogP contribution < -0.4 is 10.9 Å². The van der Waals surface area contributed by atoms with Gasteiger partial charge < -0.3 is 10.1 Å². The molecular weight excluding hydrogens is 370 g/mol. The summed E-state index contributed by atoms with van der Waals surface area (Å²) >= 11 is 6.09. The third-order valence-electron chi connectivity index (χ3n) is 3.67. The van der Waals surface area contributed by atoms with Gasteiger partial charge in [0.15, 0.2) is 0 Å². The van der Waals surface area contributed by atoms with Crippen LogP contribution in [0.5, 0.6) is 0 Å². The number of halogens is 1. The lowest BCUT2D eigenvalue weighted by Crippen LogP contribution is -2.25. The van der Waals surface area contributed by atoms with Crippen LogP contribution in [0.3, 0.4) is 0 Å². The molecule has 27 heavy (non-hydrogen) atoms. The highest BCUT2D eigenvalue weighted by molar-refractivity contribution is 6.34. The van der Waals surface area contributed by atoms with Gasteiger partial charge >= 0.3 is 5.97 Å². The molecule has 0 saturated carbocycles. The number of methoxy groups -OCH3 is 1. The first-order valence-corrected chi connectivity index (χ1v) is 8.22. The molecule has 0 radical (unpaired) electrons. The molecule has 0 atom stereocenters. The first kappa shape index (κ1) is 18.3. The second-order valence-corrected chi connectivity index (χ2v) is 5.85. The maximum atomic E-state index is 12.5. The van der Waals surface area contributed by atoms with Gasteiger partial charge in [-0.2, -0.15) is 9.78 Å². The van der Waals surface area contributed by atoms with Gasteiger partial charge in [0.2, 0.25) is 0 Å². The molecule has 3 rings (SSSR count). The molecule has 1 N–H and O–H groups in total. The number of benzene rings is 2. The van der Waals surface area contributed by atoms with E-state index in [-0.39, 0.29) is 27.5 Å². The Morgan fingerprint density at radius 3 is 2.52 bits per heavy atom. The van der Waals surface area contributed by atoms with Gasteiger partial charge in [0.05, 0.1) is 29.1 Å². The predicted molar refractivity (Wildman–Crippen MR) is 101 cm³/mol. The molecule has 0 fully saturated rings. The smallest absolute Gasteiger partial charge is 0.337 e. The molecule has 0 saturated heterocycles. The summed E-state index contributed by atoms with van der Waals surface area (Å²) in [5.74, 6) is -1.14. The minimum Gasteiger partial charge on any atom is -0.465 e. The maximum Gasteiger partial charge on any atom is 0.337 e. The van der Waals surface area contributed by atoms with E-state index in [2.05, 4.69) is 15.2 Å². The second-order valence-electron chi connectivity index (χ2n) is 5.44. The van der Waals surface area contributed by atoms with E-state index in [0.717, 1.165) is 4.68 Å². The fourth-order valence-electron chi connectivity index (χ4n) is 2.34. The standard InChI is InChI=1S/C19H14ClN3O4/c1-27-19(26)12-7-8-14(20)16(11-12)21-18(25)15-9-10-17(24)23(22-15)13-5-3-2-4-6-13/h2-11H,1H3,(H,21,25). The average Bonchev–Trinajstić information content (AvgIpc) is 2.70. The minimum absolute atomic E-state index is 0.0120. The van der Waals surface area contributed by atoms with Crippen LogP contribution in [0.2, 0.25) is 5.02 Å². The van der Waals surface area contributed by atoms with Crippen LogP contribution in [-0.4, -0.2) is 28.8 Å². The van der Waals surface area contributed by atoms with Crippen LogP contribution in [0, 0.1) is 0 Å². The Morgan fingerprint density at radius 1 is 1.07 bits per heavy atom. The third kappa shape index (κ3) is 4.04. The Balaban J connectivity index is 1.92. The number of aromatic nitrogens is 2. The lowest BCUT2D eigenvalue weighted by atomic mass is 10.2. The number of amides is 1. The molecule has 1 heterocycles. The van der Waals surface area contributed by atoms with Crippen LogP contribution in [0.1, 0.15) is 20.8 Å². The van der Waals surface area contributed by atoms with E-state index < -0.39 is 11.9 Å². The fraction of sp³-hybridized carbons (Fsp3) is 0.0526. The van der Waals surface area contributed by atoms with E-state index in [1.807, 2.05) is 0 Å². The van der Waals surface area contributed by atoms with E-state index in [1.165, 1.54) is 37.4 Å². The zero-order valence-electron chi connectivity index (χ0n) is 14.2. The Kier molecular flexibility index (Phi) is 5.33. The van der Waals surface area contributed by atoms with Gasteiger partial charge in [0.25, 0.3) is 11.5 Å². The van der Waals surface area contributed by atoms with Crippen LogP contribution in [0.15, 0.2) is 65.5 Å². The van der Waals surface area contributed by atoms with Crippen molar-refractivity contribution in [2.24, 2.45) is 0 Å². The summed E-state index contributed by atoms with van der Waals surface area (Å²) in [4.78, 5) is 36.2. The molecule has 136 valence electrons. The second kappa shape index (κ2) is 7.84. The van der Waals surface area contributed by atoms with E-state index >= 15 is 0 Å². The maximum absolute atomic E-state index is 12.5. The highest BCUT2D eigenvalue weighted by Crippen LogP contribution is 2.24. The van der Waals surface area contributed by atoms with Gasteiger partial charge in [-0.15, -0.1) is 0 Å². The summed E-state index contributed by atoms with van der Waals surface area (Å²) in [6, 6.07) is 15.7.